The second-order valence-electron chi connectivity index (χ2n) is 13.9. The van der Waals surface area contributed by atoms with Gasteiger partial charge in [0.1, 0.15) is 5.82 Å². The summed E-state index contributed by atoms with van der Waals surface area (Å²) in [5.41, 5.74) is 4.93. The van der Waals surface area contributed by atoms with Crippen LogP contribution in [0.25, 0.3) is 0 Å². The van der Waals surface area contributed by atoms with Crippen molar-refractivity contribution >= 4 is 17.7 Å². The Bertz CT molecular complexity index is 1410. The molecule has 1 saturated carbocycles. The van der Waals surface area contributed by atoms with Gasteiger partial charge in [-0.25, -0.2) is 4.98 Å². The second-order valence-corrected chi connectivity index (χ2v) is 13.9. The van der Waals surface area contributed by atoms with Crippen LogP contribution in [0.2, 0.25) is 0 Å². The summed E-state index contributed by atoms with van der Waals surface area (Å²) in [6.07, 6.45) is 13.8. The maximum atomic E-state index is 11.6. The van der Waals surface area contributed by atoms with Gasteiger partial charge in [0.25, 0.3) is 0 Å². The zero-order valence-corrected chi connectivity index (χ0v) is 27.3. The number of likely N-dealkylation sites (tertiary alicyclic amines) is 1. The molecule has 1 aromatic carbocycles. The number of fused-ring (bicyclic) bond motifs is 1. The fourth-order valence-electron chi connectivity index (χ4n) is 7.81. The highest BCUT2D eigenvalue weighted by atomic mass is 16.4. The highest BCUT2D eigenvalue weighted by Gasteiger charge is 2.32. The molecule has 0 bridgehead atoms. The fraction of sp³-hybridized carbons (Fsp3) is 0.611. The molecule has 0 radical (unpaired) electrons. The molecular formula is C36H51N7O2. The van der Waals surface area contributed by atoms with Crippen LogP contribution in [0.1, 0.15) is 99.6 Å². The molecule has 0 spiro atoms. The quantitative estimate of drug-likeness (QED) is 0.227. The molecular weight excluding hydrogens is 562 g/mol. The zero-order chi connectivity index (χ0) is 31.3. The van der Waals surface area contributed by atoms with E-state index in [9.17, 15) is 9.90 Å². The Morgan fingerprint density at radius 3 is 2.44 bits per heavy atom. The van der Waals surface area contributed by atoms with E-state index in [1.165, 1.54) is 29.5 Å². The lowest BCUT2D eigenvalue weighted by Gasteiger charge is -2.35. The molecule has 0 unspecified atom stereocenters. The van der Waals surface area contributed by atoms with Crippen molar-refractivity contribution in [2.45, 2.75) is 96.1 Å². The SMILES string of the molecule is CC[C@@H](Nc1nc2c(c(N[C@@H](CN3CCC(C)CC3)c3cnn(C)c3)n1)C[C@H](c1ccccc1)CC2)C1CCC(C(=O)O)CC1. The van der Waals surface area contributed by atoms with Crippen molar-refractivity contribution in [3.05, 3.63) is 65.1 Å². The van der Waals surface area contributed by atoms with Gasteiger partial charge in [-0.3, -0.25) is 9.48 Å². The maximum absolute atomic E-state index is 11.6. The zero-order valence-electron chi connectivity index (χ0n) is 27.3. The molecule has 6 rings (SSSR count). The van der Waals surface area contributed by atoms with E-state index < -0.39 is 5.97 Å². The van der Waals surface area contributed by atoms with Crippen LogP contribution in [0.15, 0.2) is 42.7 Å². The van der Waals surface area contributed by atoms with Crippen molar-refractivity contribution in [2.75, 3.05) is 30.3 Å². The Labute approximate surface area is 268 Å². The number of piperidine rings is 1. The first-order valence-corrected chi connectivity index (χ1v) is 17.3. The third kappa shape index (κ3) is 7.68. The van der Waals surface area contributed by atoms with Crippen molar-refractivity contribution in [3.63, 3.8) is 0 Å². The van der Waals surface area contributed by atoms with Gasteiger partial charge in [-0.15, -0.1) is 0 Å². The minimum Gasteiger partial charge on any atom is -0.481 e. The van der Waals surface area contributed by atoms with Crippen molar-refractivity contribution in [3.8, 4) is 0 Å². The normalized spacial score (nSPS) is 24.0. The van der Waals surface area contributed by atoms with Crippen LogP contribution in [-0.2, 0) is 24.7 Å². The summed E-state index contributed by atoms with van der Waals surface area (Å²) in [6.45, 7) is 7.72. The van der Waals surface area contributed by atoms with E-state index in [1.54, 1.807) is 0 Å². The third-order valence-corrected chi connectivity index (χ3v) is 10.7. The van der Waals surface area contributed by atoms with E-state index in [-0.39, 0.29) is 18.0 Å². The summed E-state index contributed by atoms with van der Waals surface area (Å²) >= 11 is 0. The number of nitrogens with zero attached hydrogens (tertiary/aromatic N) is 5. The number of anilines is 2. The molecule has 45 heavy (non-hydrogen) atoms. The number of benzene rings is 1. The standard InChI is InChI=1S/C36H51N7O2/c1-4-31(26-10-12-27(13-11-26)35(44)45)39-36-40-32-15-14-28(25-8-6-5-7-9-25)20-30(32)34(41-36)38-33(29-21-37-42(3)22-29)23-43-18-16-24(2)17-19-43/h5-9,21-22,24,26-28,31,33H,4,10-20,23H2,1-3H3,(H,44,45)(H2,38,39,40,41)/t26?,27?,28-,31-,33+/m1/s1. The molecule has 3 N–H and O–H groups in total. The minimum absolute atomic E-state index is 0.0596. The van der Waals surface area contributed by atoms with Gasteiger partial charge in [0, 0.05) is 37.0 Å². The van der Waals surface area contributed by atoms with Crippen LogP contribution < -0.4 is 10.6 Å². The molecule has 3 atom stereocenters. The summed E-state index contributed by atoms with van der Waals surface area (Å²) in [5, 5.41) is 21.7. The molecule has 0 amide bonds. The van der Waals surface area contributed by atoms with Gasteiger partial charge in [-0.05, 0) is 101 Å². The molecule has 1 aliphatic heterocycles. The monoisotopic (exact) mass is 613 g/mol. The lowest BCUT2D eigenvalue weighted by molar-refractivity contribution is -0.143. The smallest absolute Gasteiger partial charge is 0.306 e. The fourth-order valence-corrected chi connectivity index (χ4v) is 7.81. The Hall–Kier alpha value is -3.46. The van der Waals surface area contributed by atoms with Crippen molar-refractivity contribution in [1.29, 1.82) is 0 Å². The first-order valence-electron chi connectivity index (χ1n) is 17.3. The van der Waals surface area contributed by atoms with Crippen LogP contribution in [-0.4, -0.2) is 61.4 Å². The number of carboxylic acid groups (broad SMARTS) is 1. The molecule has 2 aliphatic carbocycles. The molecule has 242 valence electrons. The van der Waals surface area contributed by atoms with Crippen LogP contribution in [0.5, 0.6) is 0 Å². The van der Waals surface area contributed by atoms with Crippen molar-refractivity contribution in [2.24, 2.45) is 24.8 Å². The van der Waals surface area contributed by atoms with Gasteiger partial charge in [-0.2, -0.15) is 10.1 Å². The summed E-state index contributed by atoms with van der Waals surface area (Å²) in [6, 6.07) is 11.1. The van der Waals surface area contributed by atoms with Gasteiger partial charge in [0.05, 0.1) is 23.9 Å². The molecule has 2 fully saturated rings. The Kier molecular flexibility index (Phi) is 10.0. The minimum atomic E-state index is -0.653. The third-order valence-electron chi connectivity index (χ3n) is 10.7. The van der Waals surface area contributed by atoms with Gasteiger partial charge in [-0.1, -0.05) is 44.2 Å². The van der Waals surface area contributed by atoms with Crippen LogP contribution in [0.3, 0.4) is 0 Å². The predicted octanol–water partition coefficient (Wildman–Crippen LogP) is 6.45. The number of hydrogen-bond acceptors (Lipinski definition) is 7. The molecule has 9 nitrogen and oxygen atoms in total. The summed E-state index contributed by atoms with van der Waals surface area (Å²) in [5.74, 6) is 2.42. The molecule has 1 saturated heterocycles. The highest BCUT2D eigenvalue weighted by Crippen LogP contribution is 2.38. The maximum Gasteiger partial charge on any atom is 0.306 e. The van der Waals surface area contributed by atoms with Gasteiger partial charge in [0.15, 0.2) is 0 Å². The topological polar surface area (TPSA) is 108 Å². The summed E-state index contributed by atoms with van der Waals surface area (Å²) in [4.78, 5) is 24.5. The van der Waals surface area contributed by atoms with Gasteiger partial charge < -0.3 is 20.6 Å². The number of nitrogens with one attached hydrogen (secondary N) is 2. The molecule has 2 aromatic heterocycles. The van der Waals surface area contributed by atoms with Crippen LogP contribution in [0, 0.1) is 17.8 Å². The van der Waals surface area contributed by atoms with Crippen LogP contribution in [0.4, 0.5) is 11.8 Å². The Morgan fingerprint density at radius 2 is 1.78 bits per heavy atom. The summed E-state index contributed by atoms with van der Waals surface area (Å²) < 4.78 is 1.89. The molecule has 3 aliphatic rings. The lowest BCUT2D eigenvalue weighted by Crippen LogP contribution is -2.38. The van der Waals surface area contributed by atoms with E-state index in [1.807, 2.05) is 17.9 Å². The molecule has 9 heteroatoms. The number of carbonyl (C=O) groups is 1. The Balaban J connectivity index is 1.29. The van der Waals surface area contributed by atoms with Crippen molar-refractivity contribution < 1.29 is 9.90 Å². The van der Waals surface area contributed by atoms with E-state index in [0.29, 0.717) is 17.8 Å². The number of carboxylic acids is 1. The number of aryl methyl sites for hydroxylation is 2. The molecule has 3 aromatic rings. The van der Waals surface area contributed by atoms with E-state index in [2.05, 4.69) is 71.0 Å². The number of hydrogen-bond donors (Lipinski definition) is 3. The van der Waals surface area contributed by atoms with Crippen molar-refractivity contribution in [1.82, 2.24) is 24.6 Å². The average molecular weight is 614 g/mol. The number of aromatic nitrogens is 4. The van der Waals surface area contributed by atoms with E-state index in [4.69, 9.17) is 9.97 Å². The molecule has 3 heterocycles. The largest absolute Gasteiger partial charge is 0.481 e. The first-order chi connectivity index (χ1) is 21.9. The van der Waals surface area contributed by atoms with Gasteiger partial charge >= 0.3 is 5.97 Å². The highest BCUT2D eigenvalue weighted by molar-refractivity contribution is 5.70. The Morgan fingerprint density at radius 1 is 1.02 bits per heavy atom. The second kappa shape index (κ2) is 14.3. The predicted molar refractivity (Wildman–Crippen MR) is 178 cm³/mol. The van der Waals surface area contributed by atoms with Crippen LogP contribution >= 0.6 is 0 Å². The van der Waals surface area contributed by atoms with Gasteiger partial charge in [0.2, 0.25) is 5.95 Å². The lowest BCUT2D eigenvalue weighted by atomic mass is 9.78. The average Bonchev–Trinajstić information content (AvgIpc) is 3.50. The van der Waals surface area contributed by atoms with E-state index in [0.717, 1.165) is 88.4 Å². The number of rotatable bonds is 11. The summed E-state index contributed by atoms with van der Waals surface area (Å²) in [7, 11) is 1.98. The number of aliphatic carboxylic acids is 1. The first kappa shape index (κ1) is 31.5. The van der Waals surface area contributed by atoms with E-state index >= 15 is 0 Å².